The summed E-state index contributed by atoms with van der Waals surface area (Å²) >= 11 is 0. The predicted molar refractivity (Wildman–Crippen MR) is 81.4 cm³/mol. The maximum absolute atomic E-state index is 11.6. The number of amides is 1. The lowest BCUT2D eigenvalue weighted by molar-refractivity contribution is -0.121. The van der Waals surface area contributed by atoms with E-state index in [-0.39, 0.29) is 10.7 Å². The van der Waals surface area contributed by atoms with E-state index in [2.05, 4.69) is 46.9 Å². The maximum atomic E-state index is 11.6. The molecule has 0 rings (SSSR count). The first-order chi connectivity index (χ1) is 7.73. The van der Waals surface area contributed by atoms with Crippen LogP contribution < -0.4 is 5.32 Å². The molecule has 1 N–H and O–H groups in total. The molecule has 4 heteroatoms. The van der Waals surface area contributed by atoms with Gasteiger partial charge in [0.15, 0.2) is 0 Å². The SMILES string of the molecule is CC(C)CSSC(C)(C)CNC(=O)CC(C)C. The van der Waals surface area contributed by atoms with E-state index in [0.29, 0.717) is 12.3 Å². The predicted octanol–water partition coefficient (Wildman–Crippen LogP) is 3.96. The normalized spacial score (nSPS) is 12.2. The monoisotopic (exact) mass is 277 g/mol. The Balaban J connectivity index is 3.80. The topological polar surface area (TPSA) is 29.1 Å². The zero-order valence-electron chi connectivity index (χ0n) is 12.0. The molecule has 2 nitrogen and oxygen atoms in total. The lowest BCUT2D eigenvalue weighted by Gasteiger charge is -2.24. The molecule has 0 saturated heterocycles. The third kappa shape index (κ3) is 11.0. The Hall–Kier alpha value is 0.170. The molecule has 0 fully saturated rings. The van der Waals surface area contributed by atoms with E-state index in [1.807, 2.05) is 21.6 Å². The van der Waals surface area contributed by atoms with Crippen molar-refractivity contribution in [3.63, 3.8) is 0 Å². The molecule has 0 aliphatic rings. The second-order valence-electron chi connectivity index (χ2n) is 5.90. The van der Waals surface area contributed by atoms with Crippen molar-refractivity contribution in [2.45, 2.75) is 52.7 Å². The third-order valence-electron chi connectivity index (χ3n) is 1.99. The first-order valence-electron chi connectivity index (χ1n) is 6.30. The average Bonchev–Trinajstić information content (AvgIpc) is 2.13. The Bertz CT molecular complexity index is 227. The summed E-state index contributed by atoms with van der Waals surface area (Å²) in [6.07, 6.45) is 0.625. The Morgan fingerprint density at radius 1 is 1.18 bits per heavy atom. The van der Waals surface area contributed by atoms with Crippen LogP contribution in [0, 0.1) is 11.8 Å². The fraction of sp³-hybridized carbons (Fsp3) is 0.923. The van der Waals surface area contributed by atoms with Crippen molar-refractivity contribution in [3.8, 4) is 0 Å². The van der Waals surface area contributed by atoms with Crippen molar-refractivity contribution in [2.75, 3.05) is 12.3 Å². The van der Waals surface area contributed by atoms with Gasteiger partial charge in [0, 0.05) is 23.5 Å². The number of hydrogen-bond donors (Lipinski definition) is 1. The summed E-state index contributed by atoms with van der Waals surface area (Å²) in [6.45, 7) is 13.7. The number of hydrogen-bond acceptors (Lipinski definition) is 3. The Morgan fingerprint density at radius 2 is 1.76 bits per heavy atom. The van der Waals surface area contributed by atoms with Crippen LogP contribution >= 0.6 is 21.6 Å². The molecule has 0 saturated carbocycles. The van der Waals surface area contributed by atoms with Gasteiger partial charge < -0.3 is 5.32 Å². The van der Waals surface area contributed by atoms with Crippen LogP contribution in [0.4, 0.5) is 0 Å². The highest BCUT2D eigenvalue weighted by Gasteiger charge is 2.20. The standard InChI is InChI=1S/C13H27NOS2/c1-10(2)7-12(15)14-9-13(5,6)17-16-8-11(3)4/h10-11H,7-9H2,1-6H3,(H,14,15). The average molecular weight is 277 g/mol. The summed E-state index contributed by atoms with van der Waals surface area (Å²) in [5.41, 5.74) is 0. The molecule has 0 heterocycles. The number of carbonyl (C=O) groups excluding carboxylic acids is 1. The minimum atomic E-state index is 0.103. The molecule has 0 aliphatic carbocycles. The Kier molecular flexibility index (Phi) is 8.39. The summed E-state index contributed by atoms with van der Waals surface area (Å²) in [5.74, 6) is 2.48. The lowest BCUT2D eigenvalue weighted by Crippen LogP contribution is -2.36. The summed E-state index contributed by atoms with van der Waals surface area (Å²) in [6, 6.07) is 0. The smallest absolute Gasteiger partial charge is 0.220 e. The van der Waals surface area contributed by atoms with Gasteiger partial charge >= 0.3 is 0 Å². The van der Waals surface area contributed by atoms with Crippen LogP contribution in [-0.2, 0) is 4.79 Å². The fourth-order valence-electron chi connectivity index (χ4n) is 1.11. The molecule has 0 aromatic carbocycles. The zero-order chi connectivity index (χ0) is 13.5. The van der Waals surface area contributed by atoms with Crippen molar-refractivity contribution in [1.82, 2.24) is 5.32 Å². The largest absolute Gasteiger partial charge is 0.355 e. The van der Waals surface area contributed by atoms with Gasteiger partial charge in [0.25, 0.3) is 0 Å². The molecule has 0 aromatic rings. The lowest BCUT2D eigenvalue weighted by atomic mass is 10.1. The van der Waals surface area contributed by atoms with E-state index >= 15 is 0 Å². The van der Waals surface area contributed by atoms with Gasteiger partial charge in [-0.25, -0.2) is 0 Å². The van der Waals surface area contributed by atoms with Crippen molar-refractivity contribution in [1.29, 1.82) is 0 Å². The van der Waals surface area contributed by atoms with Crippen LogP contribution in [0.2, 0.25) is 0 Å². The highest BCUT2D eigenvalue weighted by Crippen LogP contribution is 2.36. The Labute approximate surface area is 114 Å². The van der Waals surface area contributed by atoms with Crippen LogP contribution in [0.1, 0.15) is 48.0 Å². The van der Waals surface area contributed by atoms with Gasteiger partial charge in [-0.3, -0.25) is 4.79 Å². The Morgan fingerprint density at radius 3 is 2.24 bits per heavy atom. The summed E-state index contributed by atoms with van der Waals surface area (Å²) < 4.78 is 0.103. The molecular weight excluding hydrogens is 250 g/mol. The van der Waals surface area contributed by atoms with Gasteiger partial charge in [0.05, 0.1) is 0 Å². The summed E-state index contributed by atoms with van der Waals surface area (Å²) in [4.78, 5) is 11.6. The molecule has 0 spiro atoms. The van der Waals surface area contributed by atoms with Gasteiger partial charge in [-0.2, -0.15) is 0 Å². The van der Waals surface area contributed by atoms with E-state index in [4.69, 9.17) is 0 Å². The molecule has 0 atom stereocenters. The molecule has 102 valence electrons. The van der Waals surface area contributed by atoms with Crippen LogP contribution in [0.15, 0.2) is 0 Å². The second-order valence-corrected chi connectivity index (χ2v) is 8.94. The van der Waals surface area contributed by atoms with E-state index in [1.54, 1.807) is 0 Å². The molecule has 1 amide bonds. The minimum absolute atomic E-state index is 0.103. The first-order valence-corrected chi connectivity index (χ1v) is 8.62. The quantitative estimate of drug-likeness (QED) is 0.681. The molecular formula is C13H27NOS2. The highest BCUT2D eigenvalue weighted by atomic mass is 33.1. The molecule has 0 unspecified atom stereocenters. The maximum Gasteiger partial charge on any atom is 0.220 e. The molecule has 17 heavy (non-hydrogen) atoms. The summed E-state index contributed by atoms with van der Waals surface area (Å²) in [7, 11) is 3.77. The zero-order valence-corrected chi connectivity index (χ0v) is 13.6. The molecule has 0 bridgehead atoms. The van der Waals surface area contributed by atoms with Crippen LogP contribution in [-0.4, -0.2) is 23.0 Å². The van der Waals surface area contributed by atoms with E-state index in [9.17, 15) is 4.79 Å². The van der Waals surface area contributed by atoms with Crippen LogP contribution in [0.25, 0.3) is 0 Å². The van der Waals surface area contributed by atoms with Gasteiger partial charge in [-0.1, -0.05) is 49.3 Å². The van der Waals surface area contributed by atoms with Gasteiger partial charge in [0.2, 0.25) is 5.91 Å². The van der Waals surface area contributed by atoms with Crippen molar-refractivity contribution in [2.24, 2.45) is 11.8 Å². The number of carbonyl (C=O) groups is 1. The molecule has 0 radical (unpaired) electrons. The second kappa shape index (κ2) is 8.30. The molecule has 0 aromatic heterocycles. The number of nitrogens with one attached hydrogen (secondary N) is 1. The third-order valence-corrected chi connectivity index (χ3v) is 5.62. The van der Waals surface area contributed by atoms with Gasteiger partial charge in [-0.15, -0.1) is 0 Å². The number of rotatable bonds is 8. The van der Waals surface area contributed by atoms with Crippen molar-refractivity contribution >= 4 is 27.5 Å². The van der Waals surface area contributed by atoms with Crippen molar-refractivity contribution < 1.29 is 4.79 Å². The van der Waals surface area contributed by atoms with Gasteiger partial charge in [0.1, 0.15) is 0 Å². The van der Waals surface area contributed by atoms with Crippen LogP contribution in [0.3, 0.4) is 0 Å². The molecule has 0 aliphatic heterocycles. The van der Waals surface area contributed by atoms with Crippen LogP contribution in [0.5, 0.6) is 0 Å². The minimum Gasteiger partial charge on any atom is -0.355 e. The fourth-order valence-corrected chi connectivity index (χ4v) is 4.06. The van der Waals surface area contributed by atoms with E-state index in [0.717, 1.165) is 18.2 Å². The highest BCUT2D eigenvalue weighted by molar-refractivity contribution is 8.77. The van der Waals surface area contributed by atoms with Crippen molar-refractivity contribution in [3.05, 3.63) is 0 Å². The first kappa shape index (κ1) is 17.2. The summed E-state index contributed by atoms with van der Waals surface area (Å²) in [5, 5.41) is 3.02. The van der Waals surface area contributed by atoms with Gasteiger partial charge in [-0.05, 0) is 25.7 Å². The van der Waals surface area contributed by atoms with E-state index < -0.39 is 0 Å². The van der Waals surface area contributed by atoms with E-state index in [1.165, 1.54) is 0 Å².